The van der Waals surface area contributed by atoms with Crippen LogP contribution >= 0.6 is 11.6 Å². The average Bonchev–Trinajstić information content (AvgIpc) is 2.93. The van der Waals surface area contributed by atoms with Crippen molar-refractivity contribution in [3.05, 3.63) is 58.4 Å². The van der Waals surface area contributed by atoms with Crippen LogP contribution in [0.15, 0.2) is 36.4 Å². The smallest absolute Gasteiger partial charge is 0.247 e. The Kier molecular flexibility index (Phi) is 6.57. The summed E-state index contributed by atoms with van der Waals surface area (Å²) in [5.74, 6) is 0.460. The minimum atomic E-state index is 0.00836. The zero-order valence-electron chi connectivity index (χ0n) is 17.1. The highest BCUT2D eigenvalue weighted by Crippen LogP contribution is 2.26. The minimum absolute atomic E-state index is 0.00836. The van der Waals surface area contributed by atoms with E-state index in [1.807, 2.05) is 40.8 Å². The lowest BCUT2D eigenvalue weighted by molar-refractivity contribution is -0.130. The number of likely N-dealkylation sites (N-methyl/N-ethyl adjacent to an activating group) is 1. The van der Waals surface area contributed by atoms with Crippen molar-refractivity contribution in [2.75, 3.05) is 26.7 Å². The Labute approximate surface area is 172 Å². The molecule has 1 amide bonds. The monoisotopic (exact) mass is 400 g/mol. The number of hydrogen-bond donors (Lipinski definition) is 0. The van der Waals surface area contributed by atoms with E-state index in [1.165, 1.54) is 0 Å². The number of halogens is 1. The van der Waals surface area contributed by atoms with Crippen molar-refractivity contribution in [2.24, 2.45) is 5.92 Å². The number of aromatic nitrogens is 2. The Morgan fingerprint density at radius 3 is 2.68 bits per heavy atom. The van der Waals surface area contributed by atoms with Gasteiger partial charge in [0.05, 0.1) is 11.7 Å². The van der Waals surface area contributed by atoms with Gasteiger partial charge in [-0.1, -0.05) is 55.8 Å². The van der Waals surface area contributed by atoms with Crippen LogP contribution in [0, 0.1) is 12.8 Å². The van der Waals surface area contributed by atoms with Crippen LogP contribution in [0.2, 0.25) is 5.15 Å². The summed E-state index contributed by atoms with van der Waals surface area (Å²) in [6.07, 6.45) is 3.45. The number of hydrogen-bond acceptors (Lipinski definition) is 3. The third-order valence-corrected chi connectivity index (χ3v) is 5.49. The molecule has 1 aliphatic heterocycles. The zero-order chi connectivity index (χ0) is 20.3. The number of amides is 1. The van der Waals surface area contributed by atoms with Gasteiger partial charge in [0.15, 0.2) is 0 Å². The molecule has 1 atom stereocenters. The van der Waals surface area contributed by atoms with Crippen molar-refractivity contribution < 1.29 is 4.79 Å². The van der Waals surface area contributed by atoms with Crippen LogP contribution in [-0.4, -0.2) is 52.2 Å². The molecule has 1 saturated heterocycles. The lowest BCUT2D eigenvalue weighted by atomic mass is 10.0. The largest absolute Gasteiger partial charge is 0.330 e. The molecule has 1 aliphatic rings. The Morgan fingerprint density at radius 2 is 2.00 bits per heavy atom. The number of carbonyl (C=O) groups excluding carboxylic acids is 1. The molecule has 5 nitrogen and oxygen atoms in total. The summed E-state index contributed by atoms with van der Waals surface area (Å²) in [5, 5.41) is 5.11. The van der Waals surface area contributed by atoms with Gasteiger partial charge in [-0.05, 0) is 31.5 Å². The molecule has 0 radical (unpaired) electrons. The molecule has 1 aromatic heterocycles. The molecule has 0 bridgehead atoms. The summed E-state index contributed by atoms with van der Waals surface area (Å²) >= 11 is 6.50. The lowest BCUT2D eigenvalue weighted by Crippen LogP contribution is -2.48. The summed E-state index contributed by atoms with van der Waals surface area (Å²) in [5.41, 5.74) is 2.82. The first kappa shape index (κ1) is 20.6. The molecular weight excluding hydrogens is 372 g/mol. The van der Waals surface area contributed by atoms with Crippen molar-refractivity contribution in [2.45, 2.75) is 33.4 Å². The van der Waals surface area contributed by atoms with E-state index in [1.54, 1.807) is 6.08 Å². The molecule has 1 aromatic carbocycles. The highest BCUT2D eigenvalue weighted by atomic mass is 35.5. The number of benzene rings is 1. The maximum absolute atomic E-state index is 13.0. The van der Waals surface area contributed by atoms with Gasteiger partial charge in [0.2, 0.25) is 5.91 Å². The number of piperazine rings is 1. The number of nitrogens with zero attached hydrogens (tertiary/aromatic N) is 4. The second-order valence-corrected chi connectivity index (χ2v) is 8.28. The second kappa shape index (κ2) is 8.93. The topological polar surface area (TPSA) is 41.4 Å². The Morgan fingerprint density at radius 1 is 1.29 bits per heavy atom. The first-order chi connectivity index (χ1) is 13.4. The molecule has 150 valence electrons. The van der Waals surface area contributed by atoms with Gasteiger partial charge in [-0.25, -0.2) is 0 Å². The first-order valence-electron chi connectivity index (χ1n) is 9.82. The molecule has 0 aliphatic carbocycles. The summed E-state index contributed by atoms with van der Waals surface area (Å²) in [6.45, 7) is 9.35. The molecule has 28 heavy (non-hydrogen) atoms. The Balaban J connectivity index is 1.80. The third-order valence-electron chi connectivity index (χ3n) is 5.09. The van der Waals surface area contributed by atoms with Crippen molar-refractivity contribution in [1.82, 2.24) is 19.6 Å². The number of carbonyl (C=O) groups is 1. The minimum Gasteiger partial charge on any atom is -0.330 e. The van der Waals surface area contributed by atoms with Crippen LogP contribution in [0.25, 0.3) is 6.08 Å². The second-order valence-electron chi connectivity index (χ2n) is 7.92. The van der Waals surface area contributed by atoms with Gasteiger partial charge in [0, 0.05) is 37.8 Å². The normalized spacial score (nSPS) is 18.4. The predicted molar refractivity (Wildman–Crippen MR) is 114 cm³/mol. The predicted octanol–water partition coefficient (Wildman–Crippen LogP) is 4.03. The van der Waals surface area contributed by atoms with Crippen LogP contribution in [0.1, 0.15) is 36.7 Å². The maximum Gasteiger partial charge on any atom is 0.247 e. The van der Waals surface area contributed by atoms with Crippen LogP contribution in [-0.2, 0) is 11.3 Å². The average molecular weight is 401 g/mol. The molecule has 2 aromatic rings. The fraction of sp³-hybridized carbons (Fsp3) is 0.455. The molecule has 6 heteroatoms. The molecule has 0 N–H and O–H groups in total. The molecule has 2 heterocycles. The molecule has 0 saturated carbocycles. The summed E-state index contributed by atoms with van der Waals surface area (Å²) in [7, 11) is 2.10. The Hall–Kier alpha value is -2.11. The van der Waals surface area contributed by atoms with Gasteiger partial charge < -0.3 is 9.80 Å². The van der Waals surface area contributed by atoms with Crippen molar-refractivity contribution in [3.8, 4) is 0 Å². The standard InChI is InChI=1S/C22H29ClN4O/c1-16(2)14-27-22(23)19(17(3)24-27)10-11-21(28)26-13-12-25(4)15-20(26)18-8-6-5-7-9-18/h5-11,16,20H,12-15H2,1-4H3/b11-10+. The van der Waals surface area contributed by atoms with Crippen LogP contribution in [0.5, 0.6) is 0 Å². The quantitative estimate of drug-likeness (QED) is 0.711. The van der Waals surface area contributed by atoms with E-state index in [-0.39, 0.29) is 11.9 Å². The van der Waals surface area contributed by atoms with Gasteiger partial charge >= 0.3 is 0 Å². The number of aryl methyl sites for hydroxylation is 1. The van der Waals surface area contributed by atoms with Gasteiger partial charge in [-0.2, -0.15) is 5.10 Å². The molecule has 1 fully saturated rings. The van der Waals surface area contributed by atoms with Crippen LogP contribution in [0.4, 0.5) is 0 Å². The van der Waals surface area contributed by atoms with E-state index in [2.05, 4.69) is 43.0 Å². The fourth-order valence-corrected chi connectivity index (χ4v) is 3.92. The van der Waals surface area contributed by atoms with E-state index >= 15 is 0 Å². The fourth-order valence-electron chi connectivity index (χ4n) is 3.62. The summed E-state index contributed by atoms with van der Waals surface area (Å²) in [4.78, 5) is 17.2. The van der Waals surface area contributed by atoms with Gasteiger partial charge in [0.25, 0.3) is 0 Å². The first-order valence-corrected chi connectivity index (χ1v) is 10.2. The van der Waals surface area contributed by atoms with Crippen molar-refractivity contribution >= 4 is 23.6 Å². The van der Waals surface area contributed by atoms with Crippen LogP contribution < -0.4 is 0 Å². The lowest BCUT2D eigenvalue weighted by Gasteiger charge is -2.39. The third kappa shape index (κ3) is 4.65. The molecule has 0 spiro atoms. The van der Waals surface area contributed by atoms with Crippen LogP contribution in [0.3, 0.4) is 0 Å². The Bertz CT molecular complexity index is 844. The highest BCUT2D eigenvalue weighted by molar-refractivity contribution is 6.31. The van der Waals surface area contributed by atoms with E-state index in [9.17, 15) is 4.79 Å². The maximum atomic E-state index is 13.0. The summed E-state index contributed by atoms with van der Waals surface area (Å²) < 4.78 is 1.81. The number of rotatable bonds is 5. The van der Waals surface area contributed by atoms with E-state index < -0.39 is 0 Å². The SMILES string of the molecule is Cc1nn(CC(C)C)c(Cl)c1/C=C/C(=O)N1CCN(C)CC1c1ccccc1. The molecule has 3 rings (SSSR count). The van der Waals surface area contributed by atoms with Gasteiger partial charge in [0.1, 0.15) is 5.15 Å². The van der Waals surface area contributed by atoms with E-state index in [0.29, 0.717) is 17.6 Å². The molecule has 1 unspecified atom stereocenters. The summed E-state index contributed by atoms with van der Waals surface area (Å²) in [6, 6.07) is 10.3. The van der Waals surface area contributed by atoms with Crippen molar-refractivity contribution in [3.63, 3.8) is 0 Å². The molecular formula is C22H29ClN4O. The van der Waals surface area contributed by atoms with E-state index in [0.717, 1.165) is 36.5 Å². The zero-order valence-corrected chi connectivity index (χ0v) is 17.9. The van der Waals surface area contributed by atoms with E-state index in [4.69, 9.17) is 11.6 Å². The van der Waals surface area contributed by atoms with Gasteiger partial charge in [-0.15, -0.1) is 0 Å². The van der Waals surface area contributed by atoms with Crippen molar-refractivity contribution in [1.29, 1.82) is 0 Å². The highest BCUT2D eigenvalue weighted by Gasteiger charge is 2.29. The van der Waals surface area contributed by atoms with Gasteiger partial charge in [-0.3, -0.25) is 9.48 Å².